The van der Waals surface area contributed by atoms with Crippen molar-refractivity contribution in [3.05, 3.63) is 35.3 Å². The number of pyridine rings is 1. The zero-order valence-electron chi connectivity index (χ0n) is 9.31. The van der Waals surface area contributed by atoms with Crippen LogP contribution in [-0.2, 0) is 5.75 Å². The summed E-state index contributed by atoms with van der Waals surface area (Å²) in [7, 11) is 0. The van der Waals surface area contributed by atoms with E-state index in [9.17, 15) is 0 Å². The molecule has 0 aromatic carbocycles. The van der Waals surface area contributed by atoms with E-state index in [0.717, 1.165) is 18.1 Å². The number of aromatic nitrogens is 2. The van der Waals surface area contributed by atoms with Crippen molar-refractivity contribution in [2.24, 2.45) is 0 Å². The average molecular weight is 270 g/mol. The first kappa shape index (κ1) is 12.3. The number of hydrogen-bond acceptors (Lipinski definition) is 5. The van der Waals surface area contributed by atoms with Gasteiger partial charge in [0.25, 0.3) is 5.22 Å². The fourth-order valence-corrected chi connectivity index (χ4v) is 2.27. The number of hydrogen-bond donors (Lipinski definition) is 1. The first-order valence-corrected chi connectivity index (χ1v) is 6.57. The van der Waals surface area contributed by atoms with Gasteiger partial charge in [-0.05, 0) is 19.1 Å². The maximum atomic E-state index is 6.08. The molecule has 0 saturated heterocycles. The summed E-state index contributed by atoms with van der Waals surface area (Å²) in [6.45, 7) is 2.86. The van der Waals surface area contributed by atoms with Crippen molar-refractivity contribution >= 4 is 29.2 Å². The molecule has 0 saturated carbocycles. The van der Waals surface area contributed by atoms with Crippen LogP contribution in [0.1, 0.15) is 12.6 Å². The highest BCUT2D eigenvalue weighted by Crippen LogP contribution is 2.25. The van der Waals surface area contributed by atoms with Crippen LogP contribution >= 0.6 is 23.4 Å². The van der Waals surface area contributed by atoms with E-state index in [1.807, 2.05) is 19.1 Å². The summed E-state index contributed by atoms with van der Waals surface area (Å²) in [6, 6.07) is 3.71. The molecule has 0 unspecified atom stereocenters. The molecule has 0 radical (unpaired) electrons. The maximum absolute atomic E-state index is 6.08. The molecule has 2 rings (SSSR count). The Balaban J connectivity index is 2.06. The second-order valence-corrected chi connectivity index (χ2v) is 4.58. The SMILES string of the molecule is CCNc1ccc(Cl)c(CSc2ncco2)n1. The zero-order valence-corrected chi connectivity index (χ0v) is 10.9. The first-order chi connectivity index (χ1) is 8.29. The van der Waals surface area contributed by atoms with Gasteiger partial charge in [0.1, 0.15) is 12.1 Å². The summed E-state index contributed by atoms with van der Waals surface area (Å²) in [4.78, 5) is 8.46. The molecule has 0 spiro atoms. The molecule has 1 N–H and O–H groups in total. The van der Waals surface area contributed by atoms with Gasteiger partial charge in [0.15, 0.2) is 0 Å². The van der Waals surface area contributed by atoms with Crippen molar-refractivity contribution < 1.29 is 4.42 Å². The Hall–Kier alpha value is -1.20. The summed E-state index contributed by atoms with van der Waals surface area (Å²) in [6.07, 6.45) is 3.17. The fraction of sp³-hybridized carbons (Fsp3) is 0.273. The number of halogens is 1. The topological polar surface area (TPSA) is 51.0 Å². The van der Waals surface area contributed by atoms with E-state index in [0.29, 0.717) is 16.0 Å². The Kier molecular flexibility index (Phi) is 4.28. The third-order valence-corrected chi connectivity index (χ3v) is 3.23. The van der Waals surface area contributed by atoms with E-state index in [1.165, 1.54) is 11.8 Å². The van der Waals surface area contributed by atoms with Gasteiger partial charge in [-0.2, -0.15) is 0 Å². The molecule has 90 valence electrons. The van der Waals surface area contributed by atoms with Gasteiger partial charge >= 0.3 is 0 Å². The third-order valence-electron chi connectivity index (χ3n) is 2.02. The maximum Gasteiger partial charge on any atom is 0.255 e. The number of nitrogens with one attached hydrogen (secondary N) is 1. The van der Waals surface area contributed by atoms with Gasteiger partial charge in [-0.15, -0.1) is 0 Å². The first-order valence-electron chi connectivity index (χ1n) is 5.21. The standard InChI is InChI=1S/C11H12ClN3OS/c1-2-13-10-4-3-8(12)9(15-10)7-17-11-14-5-6-16-11/h3-6H,2,7H2,1H3,(H,13,15). The summed E-state index contributed by atoms with van der Waals surface area (Å²) in [5.74, 6) is 1.47. The molecule has 17 heavy (non-hydrogen) atoms. The zero-order chi connectivity index (χ0) is 12.1. The minimum absolute atomic E-state index is 0.622. The summed E-state index contributed by atoms with van der Waals surface area (Å²) in [5.41, 5.74) is 0.827. The number of rotatable bonds is 5. The second-order valence-electron chi connectivity index (χ2n) is 3.24. The van der Waals surface area contributed by atoms with Gasteiger partial charge in [0.05, 0.1) is 16.9 Å². The number of oxazole rings is 1. The second kappa shape index (κ2) is 5.93. The molecule has 0 atom stereocenters. The van der Waals surface area contributed by atoms with E-state index in [-0.39, 0.29) is 0 Å². The summed E-state index contributed by atoms with van der Waals surface area (Å²) < 4.78 is 5.14. The Bertz CT molecular complexity index is 476. The molecule has 0 bridgehead atoms. The van der Waals surface area contributed by atoms with Crippen LogP contribution in [0.25, 0.3) is 0 Å². The van der Waals surface area contributed by atoms with Crippen LogP contribution in [0.15, 0.2) is 34.2 Å². The largest absolute Gasteiger partial charge is 0.440 e. The van der Waals surface area contributed by atoms with Gasteiger partial charge < -0.3 is 9.73 Å². The van der Waals surface area contributed by atoms with Crippen molar-refractivity contribution in [1.82, 2.24) is 9.97 Å². The highest BCUT2D eigenvalue weighted by Gasteiger charge is 2.06. The molecule has 6 heteroatoms. The number of nitrogens with zero attached hydrogens (tertiary/aromatic N) is 2. The molecule has 4 nitrogen and oxygen atoms in total. The van der Waals surface area contributed by atoms with E-state index in [2.05, 4.69) is 15.3 Å². The number of anilines is 1. The molecule has 2 heterocycles. The lowest BCUT2D eigenvalue weighted by Gasteiger charge is -2.06. The van der Waals surface area contributed by atoms with Crippen LogP contribution in [0.2, 0.25) is 5.02 Å². The van der Waals surface area contributed by atoms with E-state index < -0.39 is 0 Å². The van der Waals surface area contributed by atoms with Crippen molar-refractivity contribution in [3.63, 3.8) is 0 Å². The van der Waals surface area contributed by atoms with Crippen LogP contribution < -0.4 is 5.32 Å². The van der Waals surface area contributed by atoms with Gasteiger partial charge in [-0.3, -0.25) is 0 Å². The lowest BCUT2D eigenvalue weighted by atomic mass is 10.3. The molecule has 0 fully saturated rings. The average Bonchev–Trinajstić information content (AvgIpc) is 2.83. The molecule has 0 aliphatic heterocycles. The van der Waals surface area contributed by atoms with Crippen LogP contribution in [0, 0.1) is 0 Å². The smallest absolute Gasteiger partial charge is 0.255 e. The van der Waals surface area contributed by atoms with Crippen molar-refractivity contribution in [2.75, 3.05) is 11.9 Å². The monoisotopic (exact) mass is 269 g/mol. The Morgan fingerprint density at radius 2 is 2.35 bits per heavy atom. The molecular weight excluding hydrogens is 258 g/mol. The van der Waals surface area contributed by atoms with Gasteiger partial charge in [0.2, 0.25) is 0 Å². The van der Waals surface area contributed by atoms with Crippen LogP contribution in [0.5, 0.6) is 0 Å². The van der Waals surface area contributed by atoms with Crippen molar-refractivity contribution in [3.8, 4) is 0 Å². The lowest BCUT2D eigenvalue weighted by Crippen LogP contribution is -2.01. The Labute approximate surface area is 109 Å². The minimum Gasteiger partial charge on any atom is -0.440 e. The Morgan fingerprint density at radius 1 is 1.47 bits per heavy atom. The molecule has 0 aliphatic rings. The fourth-order valence-electron chi connectivity index (χ4n) is 1.28. The summed E-state index contributed by atoms with van der Waals surface area (Å²) in [5, 5.41) is 4.43. The van der Waals surface area contributed by atoms with Crippen LogP contribution in [-0.4, -0.2) is 16.5 Å². The highest BCUT2D eigenvalue weighted by atomic mass is 35.5. The van der Waals surface area contributed by atoms with Crippen LogP contribution in [0.4, 0.5) is 5.82 Å². The van der Waals surface area contributed by atoms with Gasteiger partial charge in [0, 0.05) is 12.3 Å². The minimum atomic E-state index is 0.622. The predicted molar refractivity (Wildman–Crippen MR) is 69.5 cm³/mol. The molecular formula is C11H12ClN3OS. The predicted octanol–water partition coefficient (Wildman–Crippen LogP) is 3.45. The van der Waals surface area contributed by atoms with Gasteiger partial charge in [-0.25, -0.2) is 9.97 Å². The third kappa shape index (κ3) is 3.38. The molecule has 2 aromatic heterocycles. The normalized spacial score (nSPS) is 10.5. The number of thioether (sulfide) groups is 1. The van der Waals surface area contributed by atoms with Gasteiger partial charge in [-0.1, -0.05) is 23.4 Å². The summed E-state index contributed by atoms with van der Waals surface area (Å²) >= 11 is 7.55. The van der Waals surface area contributed by atoms with E-state index >= 15 is 0 Å². The van der Waals surface area contributed by atoms with Crippen molar-refractivity contribution in [1.29, 1.82) is 0 Å². The van der Waals surface area contributed by atoms with Crippen molar-refractivity contribution in [2.45, 2.75) is 17.9 Å². The molecule has 2 aromatic rings. The Morgan fingerprint density at radius 3 is 3.06 bits per heavy atom. The van der Waals surface area contributed by atoms with Crippen LogP contribution in [0.3, 0.4) is 0 Å². The quantitative estimate of drug-likeness (QED) is 0.843. The van der Waals surface area contributed by atoms with E-state index in [4.69, 9.17) is 16.0 Å². The highest BCUT2D eigenvalue weighted by molar-refractivity contribution is 7.98. The lowest BCUT2D eigenvalue weighted by molar-refractivity contribution is 0.454. The molecule has 0 aliphatic carbocycles. The molecule has 0 amide bonds. The van der Waals surface area contributed by atoms with E-state index in [1.54, 1.807) is 12.5 Å².